The standard InChI is InChI=1S/C19H13N3O7S/c23-16(20-12-4-9(17(24)25)3-10(5-12)18(26)27)13-7-30-19(22-13)21-11-1-2-14-15(6-11)29-8-28-14/h1-7H,8H2,(H,20,23)(H,21,22)(H,24,25)(H,26,27). The number of ether oxygens (including phenoxy) is 2. The highest BCUT2D eigenvalue weighted by Gasteiger charge is 2.17. The summed E-state index contributed by atoms with van der Waals surface area (Å²) in [4.78, 5) is 39.1. The van der Waals surface area contributed by atoms with Gasteiger partial charge >= 0.3 is 11.9 Å². The Hall–Kier alpha value is -4.12. The van der Waals surface area contributed by atoms with Crippen LogP contribution in [0.15, 0.2) is 41.8 Å². The van der Waals surface area contributed by atoms with Crippen molar-refractivity contribution in [3.05, 3.63) is 58.6 Å². The second kappa shape index (κ2) is 7.72. The van der Waals surface area contributed by atoms with Crippen LogP contribution in [0.1, 0.15) is 31.2 Å². The zero-order chi connectivity index (χ0) is 21.3. The fourth-order valence-electron chi connectivity index (χ4n) is 2.68. The Morgan fingerprint density at radius 3 is 2.33 bits per heavy atom. The molecule has 0 atom stereocenters. The number of aromatic carboxylic acids is 2. The van der Waals surface area contributed by atoms with Crippen LogP contribution in [-0.4, -0.2) is 39.8 Å². The molecular weight excluding hydrogens is 414 g/mol. The van der Waals surface area contributed by atoms with Crippen molar-refractivity contribution in [1.29, 1.82) is 0 Å². The number of hydrogen-bond donors (Lipinski definition) is 4. The number of benzene rings is 2. The summed E-state index contributed by atoms with van der Waals surface area (Å²) in [5.74, 6) is -1.98. The first-order valence-corrected chi connectivity index (χ1v) is 9.32. The van der Waals surface area contributed by atoms with E-state index in [9.17, 15) is 14.4 Å². The molecule has 1 aliphatic rings. The van der Waals surface area contributed by atoms with Crippen molar-refractivity contribution in [3.8, 4) is 11.5 Å². The number of carbonyl (C=O) groups excluding carboxylic acids is 1. The van der Waals surface area contributed by atoms with Crippen molar-refractivity contribution in [2.75, 3.05) is 17.4 Å². The van der Waals surface area contributed by atoms with Crippen molar-refractivity contribution in [2.24, 2.45) is 0 Å². The number of fused-ring (bicyclic) bond motifs is 1. The Morgan fingerprint density at radius 2 is 1.63 bits per heavy atom. The number of nitrogens with zero attached hydrogens (tertiary/aromatic N) is 1. The van der Waals surface area contributed by atoms with Crippen LogP contribution in [0.2, 0.25) is 0 Å². The fourth-order valence-corrected chi connectivity index (χ4v) is 3.39. The van der Waals surface area contributed by atoms with Crippen molar-refractivity contribution in [3.63, 3.8) is 0 Å². The molecule has 1 aliphatic heterocycles. The third-order valence-corrected chi connectivity index (χ3v) is 4.80. The maximum Gasteiger partial charge on any atom is 0.335 e. The summed E-state index contributed by atoms with van der Waals surface area (Å²) in [5.41, 5.74) is 0.305. The maximum absolute atomic E-state index is 12.5. The molecule has 11 heteroatoms. The van der Waals surface area contributed by atoms with Crippen molar-refractivity contribution < 1.29 is 34.1 Å². The Morgan fingerprint density at radius 1 is 0.933 bits per heavy atom. The molecule has 0 unspecified atom stereocenters. The summed E-state index contributed by atoms with van der Waals surface area (Å²) in [6.45, 7) is 0.160. The summed E-state index contributed by atoms with van der Waals surface area (Å²) >= 11 is 1.19. The van der Waals surface area contributed by atoms with E-state index in [-0.39, 0.29) is 29.3 Å². The van der Waals surface area contributed by atoms with Gasteiger partial charge in [-0.1, -0.05) is 0 Å². The van der Waals surface area contributed by atoms with Gasteiger partial charge in [0.1, 0.15) is 5.69 Å². The van der Waals surface area contributed by atoms with Gasteiger partial charge in [-0.25, -0.2) is 14.6 Å². The highest BCUT2D eigenvalue weighted by atomic mass is 32.1. The van der Waals surface area contributed by atoms with Crippen LogP contribution in [0.3, 0.4) is 0 Å². The van der Waals surface area contributed by atoms with Gasteiger partial charge in [-0.05, 0) is 30.3 Å². The Bertz CT molecular complexity index is 1140. The van der Waals surface area contributed by atoms with Crippen LogP contribution in [-0.2, 0) is 0 Å². The topological polar surface area (TPSA) is 147 Å². The second-order valence-electron chi connectivity index (χ2n) is 6.09. The minimum Gasteiger partial charge on any atom is -0.478 e. The van der Waals surface area contributed by atoms with Gasteiger partial charge in [0.15, 0.2) is 16.6 Å². The van der Waals surface area contributed by atoms with Crippen LogP contribution in [0, 0.1) is 0 Å². The Balaban J connectivity index is 1.49. The third-order valence-electron chi connectivity index (χ3n) is 4.05. The van der Waals surface area contributed by atoms with E-state index in [4.69, 9.17) is 19.7 Å². The molecule has 4 rings (SSSR count). The highest BCUT2D eigenvalue weighted by molar-refractivity contribution is 7.14. The molecular formula is C19H13N3O7S. The number of rotatable bonds is 6. The SMILES string of the molecule is O=C(O)c1cc(NC(=O)c2csc(Nc3ccc4c(c3)OCO4)n2)cc(C(=O)O)c1. The summed E-state index contributed by atoms with van der Waals surface area (Å²) < 4.78 is 10.6. The first-order valence-electron chi connectivity index (χ1n) is 8.44. The van der Waals surface area contributed by atoms with Crippen molar-refractivity contribution in [1.82, 2.24) is 4.98 Å². The molecule has 30 heavy (non-hydrogen) atoms. The van der Waals surface area contributed by atoms with E-state index in [1.807, 2.05) is 0 Å². The Labute approximate surface area is 172 Å². The van der Waals surface area contributed by atoms with E-state index in [0.29, 0.717) is 22.3 Å². The van der Waals surface area contributed by atoms with Crippen LogP contribution in [0.25, 0.3) is 0 Å². The molecule has 0 saturated heterocycles. The molecule has 0 spiro atoms. The number of aromatic nitrogens is 1. The van der Waals surface area contributed by atoms with Gasteiger partial charge in [0.05, 0.1) is 11.1 Å². The molecule has 1 amide bonds. The maximum atomic E-state index is 12.5. The van der Waals surface area contributed by atoms with E-state index in [2.05, 4.69) is 15.6 Å². The first kappa shape index (κ1) is 19.2. The lowest BCUT2D eigenvalue weighted by molar-refractivity contribution is 0.0696. The van der Waals surface area contributed by atoms with E-state index in [1.54, 1.807) is 18.2 Å². The lowest BCUT2D eigenvalue weighted by Gasteiger charge is -2.07. The smallest absolute Gasteiger partial charge is 0.335 e. The normalized spacial score (nSPS) is 11.7. The van der Waals surface area contributed by atoms with Crippen LogP contribution >= 0.6 is 11.3 Å². The highest BCUT2D eigenvalue weighted by Crippen LogP contribution is 2.35. The van der Waals surface area contributed by atoms with Gasteiger partial charge in [-0.3, -0.25) is 4.79 Å². The Kier molecular flexibility index (Phi) is 4.94. The molecule has 0 saturated carbocycles. The van der Waals surface area contributed by atoms with Crippen molar-refractivity contribution in [2.45, 2.75) is 0 Å². The van der Waals surface area contributed by atoms with E-state index in [0.717, 1.165) is 6.07 Å². The van der Waals surface area contributed by atoms with E-state index < -0.39 is 17.8 Å². The summed E-state index contributed by atoms with van der Waals surface area (Å²) in [6, 6.07) is 8.63. The summed E-state index contributed by atoms with van der Waals surface area (Å²) in [7, 11) is 0. The fraction of sp³-hybridized carbons (Fsp3) is 0.0526. The third kappa shape index (κ3) is 4.00. The molecule has 2 aromatic carbocycles. The number of thiazole rings is 1. The largest absolute Gasteiger partial charge is 0.478 e. The summed E-state index contributed by atoms with van der Waals surface area (Å²) in [5, 5.41) is 25.8. The molecule has 0 bridgehead atoms. The number of carboxylic acid groups (broad SMARTS) is 2. The molecule has 0 aliphatic carbocycles. The molecule has 4 N–H and O–H groups in total. The quantitative estimate of drug-likeness (QED) is 0.465. The predicted molar refractivity (Wildman–Crippen MR) is 106 cm³/mol. The van der Waals surface area contributed by atoms with Gasteiger partial charge in [0.25, 0.3) is 5.91 Å². The number of anilines is 3. The number of hydrogen-bond acceptors (Lipinski definition) is 8. The first-order chi connectivity index (χ1) is 14.4. The van der Waals surface area contributed by atoms with Crippen molar-refractivity contribution >= 4 is 45.7 Å². The number of carbonyl (C=O) groups is 3. The molecule has 1 aromatic heterocycles. The second-order valence-corrected chi connectivity index (χ2v) is 6.95. The zero-order valence-electron chi connectivity index (χ0n) is 15.0. The van der Waals surface area contributed by atoms with Gasteiger partial charge < -0.3 is 30.3 Å². The van der Waals surface area contributed by atoms with Gasteiger partial charge in [0.2, 0.25) is 6.79 Å². The van der Waals surface area contributed by atoms with Crippen LogP contribution in [0.5, 0.6) is 11.5 Å². The lowest BCUT2D eigenvalue weighted by Crippen LogP contribution is -2.14. The van der Waals surface area contributed by atoms with Crippen LogP contribution < -0.4 is 20.1 Å². The zero-order valence-corrected chi connectivity index (χ0v) is 15.9. The number of carboxylic acids is 2. The van der Waals surface area contributed by atoms with Gasteiger partial charge in [-0.15, -0.1) is 11.3 Å². The molecule has 10 nitrogen and oxygen atoms in total. The number of nitrogens with one attached hydrogen (secondary N) is 2. The van der Waals surface area contributed by atoms with E-state index >= 15 is 0 Å². The van der Waals surface area contributed by atoms with Gasteiger partial charge in [-0.2, -0.15) is 0 Å². The predicted octanol–water partition coefficient (Wildman–Crippen LogP) is 3.26. The summed E-state index contributed by atoms with van der Waals surface area (Å²) in [6.07, 6.45) is 0. The molecule has 0 fully saturated rings. The van der Waals surface area contributed by atoms with Gasteiger partial charge in [0, 0.05) is 22.8 Å². The lowest BCUT2D eigenvalue weighted by atomic mass is 10.1. The molecule has 3 aromatic rings. The average Bonchev–Trinajstić information content (AvgIpc) is 3.36. The average molecular weight is 427 g/mol. The molecule has 152 valence electrons. The molecule has 0 radical (unpaired) electrons. The number of amides is 1. The van der Waals surface area contributed by atoms with E-state index in [1.165, 1.54) is 28.8 Å². The monoisotopic (exact) mass is 427 g/mol. The molecule has 2 heterocycles. The minimum absolute atomic E-state index is 0.0376. The van der Waals surface area contributed by atoms with Crippen LogP contribution in [0.4, 0.5) is 16.5 Å². The minimum atomic E-state index is -1.31.